The average molecular weight is 225 g/mol. The van der Waals surface area contributed by atoms with Crippen LogP contribution in [0.5, 0.6) is 5.75 Å². The molecule has 0 saturated carbocycles. The van der Waals surface area contributed by atoms with E-state index in [2.05, 4.69) is 0 Å². The maximum Gasteiger partial charge on any atom is 0.123 e. The van der Waals surface area contributed by atoms with Gasteiger partial charge in [-0.15, -0.1) is 11.3 Å². The van der Waals surface area contributed by atoms with Crippen molar-refractivity contribution in [3.05, 3.63) is 39.5 Å². The first-order valence-electron chi connectivity index (χ1n) is 4.21. The van der Waals surface area contributed by atoms with E-state index in [9.17, 15) is 5.11 Å². The number of hydrogen-bond donors (Lipinski definition) is 1. The molecule has 3 heteroatoms. The summed E-state index contributed by atoms with van der Waals surface area (Å²) in [4.78, 5) is 1.22. The van der Waals surface area contributed by atoms with Gasteiger partial charge in [0.2, 0.25) is 0 Å². The third-order valence-corrected chi connectivity index (χ3v) is 3.10. The van der Waals surface area contributed by atoms with E-state index in [0.29, 0.717) is 5.02 Å². The van der Waals surface area contributed by atoms with Crippen LogP contribution in [0.1, 0.15) is 4.88 Å². The molecule has 0 radical (unpaired) electrons. The maximum absolute atomic E-state index is 9.64. The molecular formula is C11H9ClOS. The predicted molar refractivity (Wildman–Crippen MR) is 61.2 cm³/mol. The van der Waals surface area contributed by atoms with Gasteiger partial charge in [-0.05, 0) is 42.1 Å². The quantitative estimate of drug-likeness (QED) is 0.774. The summed E-state index contributed by atoms with van der Waals surface area (Å²) in [6.07, 6.45) is 0. The molecule has 0 unspecified atom stereocenters. The normalized spacial score (nSPS) is 10.4. The molecular weight excluding hydrogens is 216 g/mol. The Morgan fingerprint density at radius 2 is 2.07 bits per heavy atom. The summed E-state index contributed by atoms with van der Waals surface area (Å²) in [6.45, 7) is 2.04. The van der Waals surface area contributed by atoms with Crippen molar-refractivity contribution < 1.29 is 5.11 Å². The molecule has 1 heterocycles. The summed E-state index contributed by atoms with van der Waals surface area (Å²) in [5.41, 5.74) is 1.81. The zero-order valence-corrected chi connectivity index (χ0v) is 9.19. The van der Waals surface area contributed by atoms with Gasteiger partial charge in [-0.1, -0.05) is 11.6 Å². The van der Waals surface area contributed by atoms with Gasteiger partial charge in [0, 0.05) is 15.5 Å². The molecule has 2 aromatic rings. The highest BCUT2D eigenvalue weighted by atomic mass is 35.5. The molecule has 14 heavy (non-hydrogen) atoms. The van der Waals surface area contributed by atoms with Crippen molar-refractivity contribution in [2.24, 2.45) is 0 Å². The van der Waals surface area contributed by atoms with Crippen molar-refractivity contribution in [2.75, 3.05) is 0 Å². The lowest BCUT2D eigenvalue weighted by molar-refractivity contribution is 0.477. The zero-order valence-electron chi connectivity index (χ0n) is 7.62. The van der Waals surface area contributed by atoms with Crippen molar-refractivity contribution in [2.45, 2.75) is 6.92 Å². The lowest BCUT2D eigenvalue weighted by Gasteiger charge is -2.01. The van der Waals surface area contributed by atoms with Gasteiger partial charge in [0.25, 0.3) is 0 Å². The number of benzene rings is 1. The minimum atomic E-state index is 0.271. The highest BCUT2D eigenvalue weighted by Crippen LogP contribution is 2.33. The molecule has 1 aromatic carbocycles. The zero-order chi connectivity index (χ0) is 10.1. The van der Waals surface area contributed by atoms with Gasteiger partial charge in [-0.2, -0.15) is 0 Å². The van der Waals surface area contributed by atoms with Crippen LogP contribution >= 0.6 is 22.9 Å². The Kier molecular flexibility index (Phi) is 2.48. The Hall–Kier alpha value is -0.990. The molecule has 72 valence electrons. The van der Waals surface area contributed by atoms with E-state index in [1.165, 1.54) is 4.88 Å². The van der Waals surface area contributed by atoms with Gasteiger partial charge in [0.05, 0.1) is 0 Å². The number of aryl methyl sites for hydroxylation is 1. The number of aromatic hydroxyl groups is 1. The number of thiophene rings is 1. The van der Waals surface area contributed by atoms with E-state index in [4.69, 9.17) is 11.6 Å². The minimum absolute atomic E-state index is 0.271. The van der Waals surface area contributed by atoms with E-state index in [1.807, 2.05) is 18.4 Å². The van der Waals surface area contributed by atoms with Crippen LogP contribution in [0.3, 0.4) is 0 Å². The Balaban J connectivity index is 2.55. The monoisotopic (exact) mass is 224 g/mol. The van der Waals surface area contributed by atoms with Crippen molar-refractivity contribution in [3.8, 4) is 16.9 Å². The van der Waals surface area contributed by atoms with Gasteiger partial charge in [-0.3, -0.25) is 0 Å². The van der Waals surface area contributed by atoms with Crippen LogP contribution in [-0.2, 0) is 0 Å². The molecule has 1 nitrogen and oxygen atoms in total. The fraction of sp³-hybridized carbons (Fsp3) is 0.0909. The van der Waals surface area contributed by atoms with Crippen LogP contribution in [0.25, 0.3) is 11.1 Å². The first-order valence-corrected chi connectivity index (χ1v) is 5.46. The molecule has 0 fully saturated rings. The molecule has 1 N–H and O–H groups in total. The second kappa shape index (κ2) is 3.64. The SMILES string of the molecule is Cc1cc(-c2cc(Cl)ccc2O)cs1. The fourth-order valence-corrected chi connectivity index (χ4v) is 2.20. The highest BCUT2D eigenvalue weighted by molar-refractivity contribution is 7.10. The van der Waals surface area contributed by atoms with Crippen molar-refractivity contribution >= 4 is 22.9 Å². The number of hydrogen-bond acceptors (Lipinski definition) is 2. The van der Waals surface area contributed by atoms with Crippen molar-refractivity contribution in [3.63, 3.8) is 0 Å². The van der Waals surface area contributed by atoms with Gasteiger partial charge in [0.1, 0.15) is 5.75 Å². The lowest BCUT2D eigenvalue weighted by atomic mass is 10.1. The van der Waals surface area contributed by atoms with Gasteiger partial charge in [0.15, 0.2) is 0 Å². The molecule has 0 aliphatic rings. The molecule has 0 aliphatic carbocycles. The second-order valence-electron chi connectivity index (χ2n) is 3.11. The lowest BCUT2D eigenvalue weighted by Crippen LogP contribution is -1.75. The van der Waals surface area contributed by atoms with Crippen LogP contribution in [0.15, 0.2) is 29.6 Å². The standard InChI is InChI=1S/C11H9ClOS/c1-7-4-8(6-14-7)10-5-9(12)2-3-11(10)13/h2-6,13H,1H3. The van der Waals surface area contributed by atoms with Gasteiger partial charge >= 0.3 is 0 Å². The number of phenols is 1. The van der Waals surface area contributed by atoms with E-state index in [0.717, 1.165) is 11.1 Å². The molecule has 2 rings (SSSR count). The van der Waals surface area contributed by atoms with Crippen LogP contribution in [-0.4, -0.2) is 5.11 Å². The van der Waals surface area contributed by atoms with E-state index in [-0.39, 0.29) is 5.75 Å². The molecule has 0 saturated heterocycles. The summed E-state index contributed by atoms with van der Waals surface area (Å²) in [7, 11) is 0. The first kappa shape index (κ1) is 9.56. The third-order valence-electron chi connectivity index (χ3n) is 2.00. The molecule has 0 amide bonds. The van der Waals surface area contributed by atoms with Gasteiger partial charge < -0.3 is 5.11 Å². The summed E-state index contributed by atoms with van der Waals surface area (Å²) in [6, 6.07) is 7.11. The Bertz CT molecular complexity index is 462. The minimum Gasteiger partial charge on any atom is -0.507 e. The third kappa shape index (κ3) is 1.76. The van der Waals surface area contributed by atoms with Crippen LogP contribution < -0.4 is 0 Å². The smallest absolute Gasteiger partial charge is 0.123 e. The summed E-state index contributed by atoms with van der Waals surface area (Å²) in [5, 5.41) is 12.3. The average Bonchev–Trinajstić information content (AvgIpc) is 2.56. The summed E-state index contributed by atoms with van der Waals surface area (Å²) < 4.78 is 0. The predicted octanol–water partition coefficient (Wildman–Crippen LogP) is 4.08. The maximum atomic E-state index is 9.64. The fourth-order valence-electron chi connectivity index (χ4n) is 1.32. The second-order valence-corrected chi connectivity index (χ2v) is 4.66. The van der Waals surface area contributed by atoms with Gasteiger partial charge in [-0.25, -0.2) is 0 Å². The Morgan fingerprint density at radius 1 is 1.29 bits per heavy atom. The molecule has 0 atom stereocenters. The summed E-state index contributed by atoms with van der Waals surface area (Å²) >= 11 is 7.53. The largest absolute Gasteiger partial charge is 0.507 e. The van der Waals surface area contributed by atoms with Crippen LogP contribution in [0, 0.1) is 6.92 Å². The Morgan fingerprint density at radius 3 is 2.71 bits per heavy atom. The topological polar surface area (TPSA) is 20.2 Å². The number of rotatable bonds is 1. The molecule has 0 aliphatic heterocycles. The number of halogens is 1. The van der Waals surface area contributed by atoms with E-state index >= 15 is 0 Å². The van der Waals surface area contributed by atoms with Crippen LogP contribution in [0.4, 0.5) is 0 Å². The molecule has 0 bridgehead atoms. The van der Waals surface area contributed by atoms with Crippen molar-refractivity contribution in [1.82, 2.24) is 0 Å². The number of phenolic OH excluding ortho intramolecular Hbond substituents is 1. The molecule has 0 spiro atoms. The van der Waals surface area contributed by atoms with E-state index in [1.54, 1.807) is 29.5 Å². The molecule has 1 aromatic heterocycles. The Labute approximate surface area is 91.6 Å². The van der Waals surface area contributed by atoms with Crippen molar-refractivity contribution in [1.29, 1.82) is 0 Å². The highest BCUT2D eigenvalue weighted by Gasteiger charge is 2.06. The first-order chi connectivity index (χ1) is 6.66. The van der Waals surface area contributed by atoms with E-state index < -0.39 is 0 Å². The summed E-state index contributed by atoms with van der Waals surface area (Å²) in [5.74, 6) is 0.271. The van der Waals surface area contributed by atoms with Crippen LogP contribution in [0.2, 0.25) is 5.02 Å².